The lowest BCUT2D eigenvalue weighted by Gasteiger charge is -2.10. The van der Waals surface area contributed by atoms with Crippen molar-refractivity contribution in [3.63, 3.8) is 0 Å². The van der Waals surface area contributed by atoms with Crippen LogP contribution >= 0.6 is 0 Å². The molecule has 0 atom stereocenters. The summed E-state index contributed by atoms with van der Waals surface area (Å²) in [5.41, 5.74) is 9.69. The molecule has 2 heterocycles. The predicted molar refractivity (Wildman–Crippen MR) is 87.3 cm³/mol. The number of ether oxygens (including phenoxy) is 1. The summed E-state index contributed by atoms with van der Waals surface area (Å²) in [7, 11) is 1.67. The molecule has 3 N–H and O–H groups in total. The average molecular weight is 297 g/mol. The molecule has 0 aliphatic rings. The summed E-state index contributed by atoms with van der Waals surface area (Å²) < 4.78 is 6.92. The van der Waals surface area contributed by atoms with Crippen LogP contribution in [-0.4, -0.2) is 28.3 Å². The molecule has 6 heteroatoms. The molecule has 0 radical (unpaired) electrons. The molecule has 6 nitrogen and oxygen atoms in total. The van der Waals surface area contributed by atoms with Crippen molar-refractivity contribution in [2.45, 2.75) is 13.3 Å². The van der Waals surface area contributed by atoms with Gasteiger partial charge in [-0.3, -0.25) is 0 Å². The Hall–Kier alpha value is -2.76. The van der Waals surface area contributed by atoms with Crippen molar-refractivity contribution in [2.24, 2.45) is 0 Å². The second-order valence-corrected chi connectivity index (χ2v) is 5.10. The van der Waals surface area contributed by atoms with Gasteiger partial charge in [-0.1, -0.05) is 12.1 Å². The number of anilines is 2. The number of rotatable bonds is 5. The third-order valence-electron chi connectivity index (χ3n) is 3.64. The minimum absolute atomic E-state index is 0.290. The molecule has 22 heavy (non-hydrogen) atoms. The van der Waals surface area contributed by atoms with Gasteiger partial charge in [0.15, 0.2) is 5.65 Å². The van der Waals surface area contributed by atoms with Gasteiger partial charge in [-0.2, -0.15) is 4.98 Å². The van der Waals surface area contributed by atoms with Crippen molar-refractivity contribution in [2.75, 3.05) is 24.7 Å². The lowest BCUT2D eigenvalue weighted by molar-refractivity contribution is 0.414. The van der Waals surface area contributed by atoms with Crippen LogP contribution in [0.3, 0.4) is 0 Å². The van der Waals surface area contributed by atoms with Crippen molar-refractivity contribution in [3.8, 4) is 5.75 Å². The summed E-state index contributed by atoms with van der Waals surface area (Å²) in [5.74, 6) is 1.17. The Bertz CT molecular complexity index is 779. The van der Waals surface area contributed by atoms with Crippen LogP contribution in [0.15, 0.2) is 36.4 Å². The standard InChI is InChI=1S/C16H19N5O/c1-11-14(7-8-15-19-16(17)20-21(11)15)18-10-9-12-3-5-13(22-2)6-4-12/h3-8,18H,9-10H2,1-2H3,(H2,17,20). The first-order chi connectivity index (χ1) is 10.7. The maximum Gasteiger partial charge on any atom is 0.240 e. The van der Waals surface area contributed by atoms with Gasteiger partial charge in [-0.25, -0.2) is 4.52 Å². The Morgan fingerprint density at radius 3 is 2.68 bits per heavy atom. The molecule has 1 aromatic carbocycles. The summed E-state index contributed by atoms with van der Waals surface area (Å²) in [4.78, 5) is 4.15. The SMILES string of the molecule is COc1ccc(CCNc2ccc3nc(N)nn3c2C)cc1. The van der Waals surface area contributed by atoms with E-state index in [0.29, 0.717) is 5.95 Å². The molecule has 0 fully saturated rings. The summed E-state index contributed by atoms with van der Waals surface area (Å²) in [6.45, 7) is 2.83. The molecule has 0 unspecified atom stereocenters. The van der Waals surface area contributed by atoms with E-state index in [9.17, 15) is 0 Å². The zero-order valence-electron chi connectivity index (χ0n) is 12.7. The number of nitrogens with zero attached hydrogens (tertiary/aromatic N) is 3. The van der Waals surface area contributed by atoms with Crippen molar-refractivity contribution in [1.29, 1.82) is 0 Å². The van der Waals surface area contributed by atoms with Crippen LogP contribution in [0.1, 0.15) is 11.3 Å². The van der Waals surface area contributed by atoms with E-state index >= 15 is 0 Å². The van der Waals surface area contributed by atoms with E-state index in [-0.39, 0.29) is 0 Å². The fourth-order valence-electron chi connectivity index (χ4n) is 2.41. The first-order valence-corrected chi connectivity index (χ1v) is 7.16. The summed E-state index contributed by atoms with van der Waals surface area (Å²) in [6.07, 6.45) is 0.932. The zero-order valence-corrected chi connectivity index (χ0v) is 12.7. The van der Waals surface area contributed by atoms with E-state index in [1.165, 1.54) is 5.56 Å². The van der Waals surface area contributed by atoms with Crippen molar-refractivity contribution in [3.05, 3.63) is 47.7 Å². The Morgan fingerprint density at radius 2 is 1.95 bits per heavy atom. The van der Waals surface area contributed by atoms with E-state index in [2.05, 4.69) is 27.5 Å². The van der Waals surface area contributed by atoms with Crippen molar-refractivity contribution < 1.29 is 4.74 Å². The number of methoxy groups -OCH3 is 1. The van der Waals surface area contributed by atoms with E-state index in [0.717, 1.165) is 35.7 Å². The van der Waals surface area contributed by atoms with E-state index in [4.69, 9.17) is 10.5 Å². The molecular formula is C16H19N5O. The molecule has 114 valence electrons. The highest BCUT2D eigenvalue weighted by molar-refractivity contribution is 5.55. The predicted octanol–water partition coefficient (Wildman–Crippen LogP) is 2.28. The highest BCUT2D eigenvalue weighted by atomic mass is 16.5. The number of hydrogen-bond donors (Lipinski definition) is 2. The minimum Gasteiger partial charge on any atom is -0.497 e. The Kier molecular flexibility index (Phi) is 3.82. The monoisotopic (exact) mass is 297 g/mol. The smallest absolute Gasteiger partial charge is 0.240 e. The quantitative estimate of drug-likeness (QED) is 0.755. The molecule has 0 aliphatic heterocycles. The summed E-state index contributed by atoms with van der Waals surface area (Å²) in [6, 6.07) is 12.0. The van der Waals surface area contributed by atoms with E-state index in [1.54, 1.807) is 11.6 Å². The first-order valence-electron chi connectivity index (χ1n) is 7.16. The number of nitrogens with one attached hydrogen (secondary N) is 1. The molecule has 0 saturated heterocycles. The maximum absolute atomic E-state index is 5.64. The van der Waals surface area contributed by atoms with Gasteiger partial charge in [-0.15, -0.1) is 5.10 Å². The first kappa shape index (κ1) is 14.2. The molecule has 3 aromatic rings. The maximum atomic E-state index is 5.64. The van der Waals surface area contributed by atoms with Crippen LogP contribution < -0.4 is 15.8 Å². The van der Waals surface area contributed by atoms with E-state index < -0.39 is 0 Å². The second-order valence-electron chi connectivity index (χ2n) is 5.10. The Morgan fingerprint density at radius 1 is 1.18 bits per heavy atom. The Labute approximate surface area is 128 Å². The summed E-state index contributed by atoms with van der Waals surface area (Å²) >= 11 is 0. The molecule has 0 bridgehead atoms. The molecule has 0 spiro atoms. The molecule has 2 aromatic heterocycles. The largest absolute Gasteiger partial charge is 0.497 e. The van der Waals surface area contributed by atoms with Gasteiger partial charge < -0.3 is 15.8 Å². The highest BCUT2D eigenvalue weighted by Gasteiger charge is 2.06. The fraction of sp³-hybridized carbons (Fsp3) is 0.250. The number of pyridine rings is 1. The van der Waals surface area contributed by atoms with Crippen LogP contribution in [0.5, 0.6) is 5.75 Å². The van der Waals surface area contributed by atoms with Gasteiger partial charge in [0.05, 0.1) is 18.5 Å². The van der Waals surface area contributed by atoms with Gasteiger partial charge in [0.1, 0.15) is 5.75 Å². The highest BCUT2D eigenvalue weighted by Crippen LogP contribution is 2.17. The molecule has 0 saturated carbocycles. The number of nitrogen functional groups attached to an aromatic ring is 1. The average Bonchev–Trinajstić information content (AvgIpc) is 2.92. The van der Waals surface area contributed by atoms with Crippen LogP contribution in [0.4, 0.5) is 11.6 Å². The van der Waals surface area contributed by atoms with E-state index in [1.807, 2.05) is 31.2 Å². The third kappa shape index (κ3) is 2.81. The lowest BCUT2D eigenvalue weighted by atomic mass is 10.1. The second kappa shape index (κ2) is 5.93. The van der Waals surface area contributed by atoms with Gasteiger partial charge in [0, 0.05) is 6.54 Å². The van der Waals surface area contributed by atoms with Crippen LogP contribution in [0, 0.1) is 6.92 Å². The van der Waals surface area contributed by atoms with Crippen LogP contribution in [0.25, 0.3) is 5.65 Å². The number of hydrogen-bond acceptors (Lipinski definition) is 5. The molecule has 0 aliphatic carbocycles. The third-order valence-corrected chi connectivity index (χ3v) is 3.64. The molecular weight excluding hydrogens is 278 g/mol. The van der Waals surface area contributed by atoms with Gasteiger partial charge in [0.2, 0.25) is 5.95 Å². The van der Waals surface area contributed by atoms with Crippen LogP contribution in [-0.2, 0) is 6.42 Å². The lowest BCUT2D eigenvalue weighted by Crippen LogP contribution is -2.08. The normalized spacial score (nSPS) is 10.8. The molecule has 0 amide bonds. The number of benzene rings is 1. The van der Waals surface area contributed by atoms with Gasteiger partial charge in [-0.05, 0) is 43.2 Å². The minimum atomic E-state index is 0.290. The van der Waals surface area contributed by atoms with Crippen molar-refractivity contribution in [1.82, 2.24) is 14.6 Å². The number of aryl methyl sites for hydroxylation is 1. The molecule has 3 rings (SSSR count). The van der Waals surface area contributed by atoms with Crippen molar-refractivity contribution >= 4 is 17.3 Å². The Balaban J connectivity index is 1.67. The fourth-order valence-corrected chi connectivity index (χ4v) is 2.41. The topological polar surface area (TPSA) is 77.5 Å². The zero-order chi connectivity index (χ0) is 15.5. The number of fused-ring (bicyclic) bond motifs is 1. The van der Waals surface area contributed by atoms with Gasteiger partial charge >= 0.3 is 0 Å². The number of nitrogens with two attached hydrogens (primary N) is 1. The van der Waals surface area contributed by atoms with Crippen LogP contribution in [0.2, 0.25) is 0 Å². The summed E-state index contributed by atoms with van der Waals surface area (Å²) in [5, 5.41) is 7.62. The number of aromatic nitrogens is 3. The van der Waals surface area contributed by atoms with Gasteiger partial charge in [0.25, 0.3) is 0 Å².